The predicted octanol–water partition coefficient (Wildman–Crippen LogP) is 1.87. The Kier molecular flexibility index (Phi) is 4.81. The zero-order valence-corrected chi connectivity index (χ0v) is 12.1. The van der Waals surface area contributed by atoms with Gasteiger partial charge >= 0.3 is 0 Å². The summed E-state index contributed by atoms with van der Waals surface area (Å²) >= 11 is 4.45. The SMILES string of the molecule is OCC(O)CNc1nnc(-c2cc(Br)ccc2F)s1. The number of halogens is 2. The normalized spacial score (nSPS) is 12.4. The number of nitrogens with zero attached hydrogens (tertiary/aromatic N) is 2. The highest BCUT2D eigenvalue weighted by molar-refractivity contribution is 9.10. The van der Waals surface area contributed by atoms with E-state index in [2.05, 4.69) is 31.4 Å². The number of aliphatic hydroxyl groups excluding tert-OH is 2. The van der Waals surface area contributed by atoms with Crippen molar-refractivity contribution in [3.8, 4) is 10.6 Å². The molecule has 8 heteroatoms. The first-order chi connectivity index (χ1) is 9.10. The summed E-state index contributed by atoms with van der Waals surface area (Å²) in [6.07, 6.45) is -0.866. The lowest BCUT2D eigenvalue weighted by molar-refractivity contribution is 0.105. The fraction of sp³-hybridized carbons (Fsp3) is 0.273. The third kappa shape index (κ3) is 3.69. The highest BCUT2D eigenvalue weighted by Crippen LogP contribution is 2.30. The molecule has 1 atom stereocenters. The van der Waals surface area contributed by atoms with Crippen LogP contribution < -0.4 is 5.32 Å². The molecule has 0 aliphatic carbocycles. The maximum Gasteiger partial charge on any atom is 0.206 e. The number of nitrogens with one attached hydrogen (secondary N) is 1. The van der Waals surface area contributed by atoms with Crippen LogP contribution in [0, 0.1) is 5.82 Å². The van der Waals surface area contributed by atoms with E-state index in [1.54, 1.807) is 12.1 Å². The van der Waals surface area contributed by atoms with Crippen LogP contribution in [0.5, 0.6) is 0 Å². The Labute approximate surface area is 121 Å². The van der Waals surface area contributed by atoms with E-state index >= 15 is 0 Å². The van der Waals surface area contributed by atoms with Crippen LogP contribution in [0.4, 0.5) is 9.52 Å². The van der Waals surface area contributed by atoms with Crippen molar-refractivity contribution < 1.29 is 14.6 Å². The predicted molar refractivity (Wildman–Crippen MR) is 74.6 cm³/mol. The van der Waals surface area contributed by atoms with Crippen LogP contribution in [0.15, 0.2) is 22.7 Å². The third-order valence-electron chi connectivity index (χ3n) is 2.28. The average molecular weight is 348 g/mol. The summed E-state index contributed by atoms with van der Waals surface area (Å²) in [5.41, 5.74) is 0.364. The molecule has 102 valence electrons. The Morgan fingerprint density at radius 1 is 1.42 bits per heavy atom. The van der Waals surface area contributed by atoms with E-state index in [1.165, 1.54) is 17.4 Å². The second-order valence-corrected chi connectivity index (χ2v) is 5.65. The summed E-state index contributed by atoms with van der Waals surface area (Å²) in [4.78, 5) is 0. The molecule has 0 bridgehead atoms. The summed E-state index contributed by atoms with van der Waals surface area (Å²) in [5.74, 6) is -0.374. The zero-order valence-electron chi connectivity index (χ0n) is 9.68. The van der Waals surface area contributed by atoms with Gasteiger partial charge in [-0.3, -0.25) is 0 Å². The van der Waals surface area contributed by atoms with E-state index in [9.17, 15) is 9.50 Å². The molecular formula is C11H11BrFN3O2S. The van der Waals surface area contributed by atoms with Crippen molar-refractivity contribution in [2.24, 2.45) is 0 Å². The molecule has 0 spiro atoms. The molecule has 1 aromatic heterocycles. The monoisotopic (exact) mass is 347 g/mol. The summed E-state index contributed by atoms with van der Waals surface area (Å²) in [6, 6.07) is 4.59. The minimum atomic E-state index is -0.866. The number of rotatable bonds is 5. The maximum absolute atomic E-state index is 13.7. The Balaban J connectivity index is 2.14. The van der Waals surface area contributed by atoms with E-state index in [0.29, 0.717) is 15.7 Å². The molecule has 2 aromatic rings. The molecule has 0 aliphatic rings. The number of anilines is 1. The second kappa shape index (κ2) is 6.38. The first kappa shape index (κ1) is 14.3. The number of hydrogen-bond donors (Lipinski definition) is 3. The van der Waals surface area contributed by atoms with Crippen LogP contribution in [0.1, 0.15) is 0 Å². The fourth-order valence-electron chi connectivity index (χ4n) is 1.33. The van der Waals surface area contributed by atoms with Crippen LogP contribution in [0.25, 0.3) is 10.6 Å². The van der Waals surface area contributed by atoms with Crippen molar-refractivity contribution in [3.05, 3.63) is 28.5 Å². The highest BCUT2D eigenvalue weighted by Gasteiger charge is 2.12. The summed E-state index contributed by atoms with van der Waals surface area (Å²) in [6.45, 7) is -0.176. The Hall–Kier alpha value is -1.09. The molecule has 0 fully saturated rings. The van der Waals surface area contributed by atoms with E-state index in [0.717, 1.165) is 4.47 Å². The lowest BCUT2D eigenvalue weighted by Crippen LogP contribution is -2.22. The molecule has 5 nitrogen and oxygen atoms in total. The van der Waals surface area contributed by atoms with Gasteiger partial charge in [0.25, 0.3) is 0 Å². The van der Waals surface area contributed by atoms with Crippen LogP contribution in [-0.2, 0) is 0 Å². The number of hydrogen-bond acceptors (Lipinski definition) is 6. The molecule has 0 radical (unpaired) electrons. The van der Waals surface area contributed by atoms with E-state index in [-0.39, 0.29) is 19.0 Å². The van der Waals surface area contributed by atoms with Crippen molar-refractivity contribution >= 4 is 32.4 Å². The first-order valence-corrected chi connectivity index (χ1v) is 7.03. The Bertz CT molecular complexity index is 567. The molecule has 0 aliphatic heterocycles. The van der Waals surface area contributed by atoms with Gasteiger partial charge in [-0.2, -0.15) is 0 Å². The molecule has 0 saturated carbocycles. The highest BCUT2D eigenvalue weighted by atomic mass is 79.9. The van der Waals surface area contributed by atoms with Gasteiger partial charge < -0.3 is 15.5 Å². The standard InChI is InChI=1S/C11H11BrFN3O2S/c12-6-1-2-9(13)8(3-6)10-15-16-11(19-10)14-4-7(18)5-17/h1-3,7,17-18H,4-5H2,(H,14,16). The zero-order chi connectivity index (χ0) is 13.8. The average Bonchev–Trinajstić information content (AvgIpc) is 2.87. The molecule has 0 amide bonds. The smallest absolute Gasteiger partial charge is 0.206 e. The number of benzene rings is 1. The minimum Gasteiger partial charge on any atom is -0.394 e. The molecule has 1 unspecified atom stereocenters. The molecule has 3 N–H and O–H groups in total. The topological polar surface area (TPSA) is 78.3 Å². The molecule has 0 saturated heterocycles. The van der Waals surface area contributed by atoms with Crippen LogP contribution in [0.2, 0.25) is 0 Å². The van der Waals surface area contributed by atoms with Crippen LogP contribution >= 0.6 is 27.3 Å². The van der Waals surface area contributed by atoms with Gasteiger partial charge in [-0.15, -0.1) is 10.2 Å². The second-order valence-electron chi connectivity index (χ2n) is 3.75. The van der Waals surface area contributed by atoms with Gasteiger partial charge in [0.15, 0.2) is 5.01 Å². The lowest BCUT2D eigenvalue weighted by atomic mass is 10.2. The summed E-state index contributed by atoms with van der Waals surface area (Å²) in [5, 5.41) is 29.4. The summed E-state index contributed by atoms with van der Waals surface area (Å²) in [7, 11) is 0. The van der Waals surface area contributed by atoms with Gasteiger partial charge in [-0.25, -0.2) is 4.39 Å². The van der Waals surface area contributed by atoms with Gasteiger partial charge in [0, 0.05) is 16.6 Å². The van der Waals surface area contributed by atoms with Gasteiger partial charge in [0.1, 0.15) is 5.82 Å². The number of aromatic nitrogens is 2. The quantitative estimate of drug-likeness (QED) is 0.769. The molecule has 1 heterocycles. The van der Waals surface area contributed by atoms with E-state index in [4.69, 9.17) is 5.11 Å². The van der Waals surface area contributed by atoms with Crippen molar-refractivity contribution in [2.75, 3.05) is 18.5 Å². The van der Waals surface area contributed by atoms with Crippen molar-refractivity contribution in [1.29, 1.82) is 0 Å². The van der Waals surface area contributed by atoms with Crippen molar-refractivity contribution in [3.63, 3.8) is 0 Å². The largest absolute Gasteiger partial charge is 0.394 e. The molecule has 1 aromatic carbocycles. The first-order valence-electron chi connectivity index (χ1n) is 5.42. The van der Waals surface area contributed by atoms with Crippen LogP contribution in [-0.4, -0.2) is 39.7 Å². The van der Waals surface area contributed by atoms with E-state index < -0.39 is 6.10 Å². The Morgan fingerprint density at radius 3 is 2.95 bits per heavy atom. The lowest BCUT2D eigenvalue weighted by Gasteiger charge is -2.06. The third-order valence-corrected chi connectivity index (χ3v) is 3.69. The van der Waals surface area contributed by atoms with Crippen molar-refractivity contribution in [1.82, 2.24) is 10.2 Å². The van der Waals surface area contributed by atoms with Gasteiger partial charge in [-0.05, 0) is 18.2 Å². The van der Waals surface area contributed by atoms with E-state index in [1.807, 2.05) is 0 Å². The summed E-state index contributed by atoms with van der Waals surface area (Å²) < 4.78 is 14.4. The van der Waals surface area contributed by atoms with Crippen LogP contribution in [0.3, 0.4) is 0 Å². The van der Waals surface area contributed by atoms with Gasteiger partial charge in [-0.1, -0.05) is 27.3 Å². The molecule has 19 heavy (non-hydrogen) atoms. The van der Waals surface area contributed by atoms with Gasteiger partial charge in [0.05, 0.1) is 12.7 Å². The molecule has 2 rings (SSSR count). The number of aliphatic hydroxyl groups is 2. The van der Waals surface area contributed by atoms with Gasteiger partial charge in [0.2, 0.25) is 5.13 Å². The maximum atomic E-state index is 13.7. The van der Waals surface area contributed by atoms with Crippen molar-refractivity contribution in [2.45, 2.75) is 6.10 Å². The molecular weight excluding hydrogens is 337 g/mol. The fourth-order valence-corrected chi connectivity index (χ4v) is 2.46. The minimum absolute atomic E-state index is 0.159. The Morgan fingerprint density at radius 2 is 2.21 bits per heavy atom.